The fraction of sp³-hybridized carbons (Fsp3) is 0.462. The molecule has 4 atom stereocenters. The van der Waals surface area contributed by atoms with Crippen molar-refractivity contribution < 1.29 is 28.5 Å². The lowest BCUT2D eigenvalue weighted by molar-refractivity contribution is -0.153. The van der Waals surface area contributed by atoms with Crippen molar-refractivity contribution in [3.05, 3.63) is 60.2 Å². The first-order valence-corrected chi connectivity index (χ1v) is 14.0. The van der Waals surface area contributed by atoms with Gasteiger partial charge >= 0.3 is 19.1 Å². The van der Waals surface area contributed by atoms with Gasteiger partial charge in [-0.15, -0.1) is 0 Å². The van der Waals surface area contributed by atoms with Crippen molar-refractivity contribution in [2.24, 2.45) is 5.92 Å². The van der Waals surface area contributed by atoms with Crippen molar-refractivity contribution in [3.63, 3.8) is 0 Å². The number of hydrogen-bond acceptors (Lipinski definition) is 10. The van der Waals surface area contributed by atoms with Gasteiger partial charge in [0.1, 0.15) is 23.8 Å². The molecule has 1 aromatic carbocycles. The van der Waals surface area contributed by atoms with Crippen molar-refractivity contribution in [2.45, 2.75) is 50.8 Å². The highest BCUT2D eigenvalue weighted by molar-refractivity contribution is 7.99. The van der Waals surface area contributed by atoms with Gasteiger partial charge in [-0.05, 0) is 24.9 Å². The molecule has 4 rings (SSSR count). The van der Waals surface area contributed by atoms with Crippen molar-refractivity contribution in [1.29, 1.82) is 0 Å². The molecule has 2 bridgehead atoms. The third-order valence-corrected chi connectivity index (χ3v) is 7.73. The number of rotatable bonds is 9. The lowest BCUT2D eigenvalue weighted by Crippen LogP contribution is -2.63. The van der Waals surface area contributed by atoms with Crippen molar-refractivity contribution >= 4 is 42.6 Å². The zero-order valence-electron chi connectivity index (χ0n) is 22.1. The normalized spacial score (nSPS) is 21.2. The van der Waals surface area contributed by atoms with Crippen LogP contribution in [-0.2, 0) is 30.1 Å². The largest absolute Gasteiger partial charge is 0.622 e. The number of benzene rings is 1. The second-order valence-electron chi connectivity index (χ2n) is 10.0. The van der Waals surface area contributed by atoms with Gasteiger partial charge in [-0.1, -0.05) is 44.2 Å². The molecular formula is C26H32BN5O6S. The highest BCUT2D eigenvalue weighted by Crippen LogP contribution is 2.26. The van der Waals surface area contributed by atoms with E-state index in [0.717, 1.165) is 5.56 Å². The number of thioether (sulfide) groups is 1. The minimum Gasteiger partial charge on any atom is -0.497 e. The SMILES string of the molecule is CC(C)C[C@H](NC(=O)C(Cc1ccccc1)NC(=O)c1cnccn1)B1OC(=O)[C@H]2CSC[C@@H](C(=O)O1)N2C. The Balaban J connectivity index is 1.56. The van der Waals surface area contributed by atoms with Crippen LogP contribution < -0.4 is 10.6 Å². The summed E-state index contributed by atoms with van der Waals surface area (Å²) in [5.41, 5.74) is 0.896. The van der Waals surface area contributed by atoms with Gasteiger partial charge in [0.05, 0.1) is 12.1 Å². The van der Waals surface area contributed by atoms with Gasteiger partial charge < -0.3 is 19.9 Å². The molecule has 3 heterocycles. The number of amides is 2. The molecule has 0 aliphatic carbocycles. The van der Waals surface area contributed by atoms with Crippen molar-refractivity contribution in [2.75, 3.05) is 18.6 Å². The first kappa shape index (κ1) is 28.6. The lowest BCUT2D eigenvalue weighted by atomic mass is 9.73. The predicted octanol–water partition coefficient (Wildman–Crippen LogP) is 0.892. The third kappa shape index (κ3) is 7.36. The minimum atomic E-state index is -1.30. The maximum Gasteiger partial charge on any atom is 0.622 e. The standard InChI is InChI=1S/C26H32BN5O6S/c1-16(2)11-22(27-37-25(35)20-14-39-15-21(32(20)3)26(36)38-27)31-23(33)18(12-17-7-5-4-6-8-17)30-24(34)19-13-28-9-10-29-19/h4-10,13,16,18,20-22H,11-12,14-15H2,1-3H3,(H,30,34)(H,31,33)/t18?,20-,21+,22-/m0/s1. The Labute approximate surface area is 232 Å². The Morgan fingerprint density at radius 1 is 1.08 bits per heavy atom. The van der Waals surface area contributed by atoms with Crippen LogP contribution in [0.5, 0.6) is 0 Å². The molecule has 13 heteroatoms. The molecule has 2 aliphatic rings. The Morgan fingerprint density at radius 2 is 1.74 bits per heavy atom. The van der Waals surface area contributed by atoms with Gasteiger partial charge in [-0.2, -0.15) is 11.8 Å². The zero-order valence-corrected chi connectivity index (χ0v) is 22.9. The van der Waals surface area contributed by atoms with Gasteiger partial charge in [0.15, 0.2) is 0 Å². The number of nitrogens with one attached hydrogen (secondary N) is 2. The smallest absolute Gasteiger partial charge is 0.497 e. The third-order valence-electron chi connectivity index (χ3n) is 6.63. The van der Waals surface area contributed by atoms with Crippen LogP contribution >= 0.6 is 11.8 Å². The van der Waals surface area contributed by atoms with Gasteiger partial charge in [0.2, 0.25) is 5.91 Å². The average molecular weight is 553 g/mol. The Kier molecular flexibility index (Phi) is 9.57. The molecule has 0 spiro atoms. The fourth-order valence-corrected chi connectivity index (χ4v) is 5.85. The average Bonchev–Trinajstić information content (AvgIpc) is 2.92. The first-order chi connectivity index (χ1) is 18.7. The summed E-state index contributed by atoms with van der Waals surface area (Å²) >= 11 is 1.50. The van der Waals surface area contributed by atoms with Gasteiger partial charge in [0.25, 0.3) is 5.91 Å². The molecule has 2 amide bonds. The van der Waals surface area contributed by atoms with Crippen LogP contribution in [-0.4, -0.2) is 88.4 Å². The van der Waals surface area contributed by atoms with Gasteiger partial charge in [-0.25, -0.2) is 4.98 Å². The lowest BCUT2D eigenvalue weighted by Gasteiger charge is -2.40. The summed E-state index contributed by atoms with van der Waals surface area (Å²) in [5.74, 6) is -1.84. The predicted molar refractivity (Wildman–Crippen MR) is 145 cm³/mol. The second kappa shape index (κ2) is 13.1. The number of carbonyl (C=O) groups excluding carboxylic acids is 4. The van der Waals surface area contributed by atoms with E-state index in [1.165, 1.54) is 30.4 Å². The number of hydrogen-bond donors (Lipinski definition) is 2. The van der Waals surface area contributed by atoms with Crippen LogP contribution in [0.25, 0.3) is 0 Å². The van der Waals surface area contributed by atoms with E-state index in [4.69, 9.17) is 9.31 Å². The van der Waals surface area contributed by atoms with Crippen LogP contribution in [0.2, 0.25) is 0 Å². The summed E-state index contributed by atoms with van der Waals surface area (Å²) in [6.07, 6.45) is 4.72. The van der Waals surface area contributed by atoms with Crippen LogP contribution in [0.3, 0.4) is 0 Å². The number of carbonyl (C=O) groups is 4. The molecule has 1 aromatic heterocycles. The summed E-state index contributed by atoms with van der Waals surface area (Å²) < 4.78 is 11.3. The summed E-state index contributed by atoms with van der Waals surface area (Å²) in [6.45, 7) is 3.89. The van der Waals surface area contributed by atoms with Crippen LogP contribution in [0.1, 0.15) is 36.3 Å². The highest BCUT2D eigenvalue weighted by Gasteiger charge is 2.48. The van der Waals surface area contributed by atoms with E-state index in [0.29, 0.717) is 17.9 Å². The molecule has 2 saturated heterocycles. The van der Waals surface area contributed by atoms with E-state index in [1.807, 2.05) is 44.2 Å². The maximum absolute atomic E-state index is 13.7. The molecule has 0 radical (unpaired) electrons. The Hall–Kier alpha value is -3.45. The Morgan fingerprint density at radius 3 is 2.33 bits per heavy atom. The minimum absolute atomic E-state index is 0.0673. The van der Waals surface area contributed by atoms with E-state index >= 15 is 0 Å². The molecule has 206 valence electrons. The fourth-order valence-electron chi connectivity index (χ4n) is 4.52. The van der Waals surface area contributed by atoms with E-state index in [2.05, 4.69) is 20.6 Å². The van der Waals surface area contributed by atoms with Crippen LogP contribution in [0.4, 0.5) is 0 Å². The molecule has 0 saturated carbocycles. The van der Waals surface area contributed by atoms with Crippen molar-refractivity contribution in [1.82, 2.24) is 25.5 Å². The summed E-state index contributed by atoms with van der Waals surface area (Å²) in [6, 6.07) is 7.09. The van der Waals surface area contributed by atoms with E-state index in [-0.39, 0.29) is 18.0 Å². The zero-order chi connectivity index (χ0) is 27.9. The van der Waals surface area contributed by atoms with E-state index in [9.17, 15) is 19.2 Å². The van der Waals surface area contributed by atoms with Gasteiger partial charge in [0, 0.05) is 30.3 Å². The molecule has 1 unspecified atom stereocenters. The molecule has 2 aliphatic heterocycles. The number of aromatic nitrogens is 2. The number of fused-ring (bicyclic) bond motifs is 2. The maximum atomic E-state index is 13.7. The first-order valence-electron chi connectivity index (χ1n) is 12.8. The molecule has 2 aromatic rings. The molecule has 11 nitrogen and oxygen atoms in total. The summed E-state index contributed by atoms with van der Waals surface area (Å²) in [5, 5.41) is 5.64. The van der Waals surface area contributed by atoms with Crippen molar-refractivity contribution in [3.8, 4) is 0 Å². The van der Waals surface area contributed by atoms with Gasteiger partial charge in [-0.3, -0.25) is 29.1 Å². The van der Waals surface area contributed by atoms with Crippen LogP contribution in [0, 0.1) is 5.92 Å². The quantitative estimate of drug-likeness (QED) is 0.431. The molecule has 39 heavy (non-hydrogen) atoms. The summed E-state index contributed by atoms with van der Waals surface area (Å²) in [4.78, 5) is 62.2. The Bertz CT molecular complexity index is 1150. The molecule has 2 N–H and O–H groups in total. The molecular weight excluding hydrogens is 521 g/mol. The topological polar surface area (TPSA) is 140 Å². The van der Waals surface area contributed by atoms with Crippen LogP contribution in [0.15, 0.2) is 48.9 Å². The summed E-state index contributed by atoms with van der Waals surface area (Å²) in [7, 11) is 0.408. The number of nitrogens with zero attached hydrogens (tertiary/aromatic N) is 3. The van der Waals surface area contributed by atoms with E-state index in [1.54, 1.807) is 11.9 Å². The monoisotopic (exact) mass is 553 g/mol. The van der Waals surface area contributed by atoms with E-state index < -0.39 is 54.9 Å². The second-order valence-corrected chi connectivity index (χ2v) is 11.1. The highest BCUT2D eigenvalue weighted by atomic mass is 32.2. The number of likely N-dealkylation sites (N-methyl/N-ethyl adjacent to an activating group) is 1. The molecule has 2 fully saturated rings.